The third-order valence-corrected chi connectivity index (χ3v) is 2.19. The van der Waals surface area contributed by atoms with Crippen molar-refractivity contribution in [2.75, 3.05) is 6.54 Å². The average molecular weight is 415 g/mol. The molecule has 0 fully saturated rings. The molecule has 118 valence electrons. The summed E-state index contributed by atoms with van der Waals surface area (Å²) in [5.41, 5.74) is 6.74. The summed E-state index contributed by atoms with van der Waals surface area (Å²) in [6.45, 7) is 5.94. The summed E-state index contributed by atoms with van der Waals surface area (Å²) >= 11 is 0. The Morgan fingerprint density at radius 3 is 2.57 bits per heavy atom. The van der Waals surface area contributed by atoms with E-state index in [9.17, 15) is 13.2 Å². The lowest BCUT2D eigenvalue weighted by Crippen LogP contribution is -2.32. The summed E-state index contributed by atoms with van der Waals surface area (Å²) in [6, 6.07) is 5.79. The number of ether oxygens (including phenoxy) is 1. The molecule has 1 aromatic rings. The monoisotopic (exact) mass is 415 g/mol. The topological polar surface area (TPSA) is 59.6 Å². The predicted molar refractivity (Wildman–Crippen MR) is 86.7 cm³/mol. The van der Waals surface area contributed by atoms with Crippen molar-refractivity contribution in [3.63, 3.8) is 0 Å². The van der Waals surface area contributed by atoms with Gasteiger partial charge in [-0.1, -0.05) is 30.4 Å². The molecule has 0 atom stereocenters. The number of hydrogen-bond donors (Lipinski definition) is 2. The molecule has 0 aliphatic rings. The molecule has 21 heavy (non-hydrogen) atoms. The van der Waals surface area contributed by atoms with Crippen LogP contribution >= 0.6 is 24.0 Å². The number of aliphatic imine (C=N–C) groups is 1. The molecule has 0 heterocycles. The Kier molecular flexibility index (Phi) is 8.15. The van der Waals surface area contributed by atoms with Gasteiger partial charge in [0.2, 0.25) is 0 Å². The number of nitrogens with one attached hydrogen (secondary N) is 1. The van der Waals surface area contributed by atoms with E-state index in [1.165, 1.54) is 18.2 Å². The Hall–Kier alpha value is -1.45. The smallest absolute Gasteiger partial charge is 0.405 e. The second-order valence-corrected chi connectivity index (χ2v) is 4.17. The maximum absolute atomic E-state index is 12.2. The van der Waals surface area contributed by atoms with Gasteiger partial charge in [0.15, 0.2) is 5.96 Å². The largest absolute Gasteiger partial charge is 0.573 e. The first-order valence-corrected chi connectivity index (χ1v) is 5.80. The van der Waals surface area contributed by atoms with E-state index in [1.807, 2.05) is 6.92 Å². The highest BCUT2D eigenvalue weighted by molar-refractivity contribution is 14.0. The predicted octanol–water partition coefficient (Wildman–Crippen LogP) is 3.18. The number of guanidine groups is 1. The number of hydrogen-bond acceptors (Lipinski definition) is 2. The normalized spacial score (nSPS) is 11.5. The van der Waals surface area contributed by atoms with Crippen LogP contribution in [0.15, 0.2) is 41.4 Å². The zero-order valence-corrected chi connectivity index (χ0v) is 13.7. The minimum atomic E-state index is -4.73. The van der Waals surface area contributed by atoms with Crippen molar-refractivity contribution < 1.29 is 17.9 Å². The minimum Gasteiger partial charge on any atom is -0.405 e. The number of rotatable bonds is 5. The maximum Gasteiger partial charge on any atom is 0.573 e. The first-order valence-electron chi connectivity index (χ1n) is 5.80. The van der Waals surface area contributed by atoms with Gasteiger partial charge in [-0.05, 0) is 13.0 Å². The van der Waals surface area contributed by atoms with E-state index in [4.69, 9.17) is 5.73 Å². The van der Waals surface area contributed by atoms with Gasteiger partial charge in [0.05, 0.1) is 6.54 Å². The number of nitrogens with two attached hydrogens (primary N) is 1. The third-order valence-electron chi connectivity index (χ3n) is 2.19. The van der Waals surface area contributed by atoms with Gasteiger partial charge in [-0.15, -0.1) is 37.1 Å². The van der Waals surface area contributed by atoms with Crippen LogP contribution in [0.2, 0.25) is 0 Å². The molecule has 4 nitrogen and oxygen atoms in total. The summed E-state index contributed by atoms with van der Waals surface area (Å²) in [7, 11) is 0. The van der Waals surface area contributed by atoms with Crippen LogP contribution in [0.1, 0.15) is 12.5 Å². The van der Waals surface area contributed by atoms with Crippen LogP contribution in [-0.4, -0.2) is 18.9 Å². The van der Waals surface area contributed by atoms with Crippen molar-refractivity contribution in [3.8, 4) is 5.75 Å². The van der Waals surface area contributed by atoms with Crippen molar-refractivity contribution in [3.05, 3.63) is 42.0 Å². The van der Waals surface area contributed by atoms with Gasteiger partial charge in [-0.2, -0.15) is 0 Å². The van der Waals surface area contributed by atoms with Gasteiger partial charge in [0.25, 0.3) is 0 Å². The quantitative estimate of drug-likeness (QED) is 0.336. The van der Waals surface area contributed by atoms with E-state index in [2.05, 4.69) is 21.6 Å². The molecule has 8 heteroatoms. The summed E-state index contributed by atoms with van der Waals surface area (Å²) in [5.74, 6) is -0.147. The molecule has 0 spiro atoms. The standard InChI is InChI=1S/C13H16F3N3O.HI/c1-9(2)7-18-12(17)19-8-10-5-3-4-6-11(10)20-13(14,15)16;/h3-6H,1,7-8H2,2H3,(H3,17,18,19);1H. The average Bonchev–Trinajstić information content (AvgIpc) is 2.33. The van der Waals surface area contributed by atoms with E-state index in [0.717, 1.165) is 5.57 Å². The molecule has 0 aromatic heterocycles. The highest BCUT2D eigenvalue weighted by Crippen LogP contribution is 2.26. The Labute approximate surface area is 138 Å². The van der Waals surface area contributed by atoms with Crippen LogP contribution in [0.5, 0.6) is 5.75 Å². The highest BCUT2D eigenvalue weighted by atomic mass is 127. The lowest BCUT2D eigenvalue weighted by atomic mass is 10.2. The molecular weight excluding hydrogens is 398 g/mol. The Bertz CT molecular complexity index is 504. The molecule has 0 saturated heterocycles. The first kappa shape index (κ1) is 19.6. The molecule has 0 radical (unpaired) electrons. The summed E-state index contributed by atoms with van der Waals surface area (Å²) in [4.78, 5) is 3.95. The zero-order chi connectivity index (χ0) is 15.2. The van der Waals surface area contributed by atoms with E-state index in [0.29, 0.717) is 12.1 Å². The molecule has 1 aromatic carbocycles. The highest BCUT2D eigenvalue weighted by Gasteiger charge is 2.31. The summed E-state index contributed by atoms with van der Waals surface area (Å²) in [5, 5.41) is 2.79. The summed E-state index contributed by atoms with van der Waals surface area (Å²) in [6.07, 6.45) is -4.73. The van der Waals surface area contributed by atoms with Crippen LogP contribution in [0, 0.1) is 0 Å². The second kappa shape index (κ2) is 8.75. The molecule has 0 amide bonds. The first-order chi connectivity index (χ1) is 9.28. The molecular formula is C13H17F3IN3O. The van der Waals surface area contributed by atoms with Crippen LogP contribution < -0.4 is 15.8 Å². The van der Waals surface area contributed by atoms with Gasteiger partial charge < -0.3 is 15.8 Å². The molecule has 0 unspecified atom stereocenters. The Morgan fingerprint density at radius 2 is 2.00 bits per heavy atom. The number of benzene rings is 1. The molecule has 0 aliphatic carbocycles. The van der Waals surface area contributed by atoms with E-state index < -0.39 is 6.36 Å². The van der Waals surface area contributed by atoms with Gasteiger partial charge in [-0.25, -0.2) is 4.99 Å². The van der Waals surface area contributed by atoms with Crippen LogP contribution in [0.25, 0.3) is 0 Å². The van der Waals surface area contributed by atoms with Gasteiger partial charge in [0.1, 0.15) is 5.75 Å². The van der Waals surface area contributed by atoms with E-state index in [1.54, 1.807) is 6.07 Å². The fourth-order valence-corrected chi connectivity index (χ4v) is 1.33. The number of halogens is 4. The number of nitrogens with zero attached hydrogens (tertiary/aromatic N) is 1. The Balaban J connectivity index is 0.00000400. The van der Waals surface area contributed by atoms with Crippen LogP contribution in [0.4, 0.5) is 13.2 Å². The van der Waals surface area contributed by atoms with E-state index in [-0.39, 0.29) is 42.2 Å². The van der Waals surface area contributed by atoms with E-state index >= 15 is 0 Å². The Morgan fingerprint density at radius 1 is 1.38 bits per heavy atom. The van der Waals surface area contributed by atoms with Crippen molar-refractivity contribution in [2.45, 2.75) is 19.8 Å². The SMILES string of the molecule is C=C(C)CNC(N)=NCc1ccccc1OC(F)(F)F.I. The lowest BCUT2D eigenvalue weighted by Gasteiger charge is -2.12. The molecule has 0 saturated carbocycles. The third kappa shape index (κ3) is 8.43. The van der Waals surface area contributed by atoms with Gasteiger partial charge in [0, 0.05) is 12.1 Å². The fraction of sp³-hybridized carbons (Fsp3) is 0.308. The fourth-order valence-electron chi connectivity index (χ4n) is 1.33. The van der Waals surface area contributed by atoms with Crippen LogP contribution in [0.3, 0.4) is 0 Å². The molecule has 0 aliphatic heterocycles. The van der Waals surface area contributed by atoms with Crippen molar-refractivity contribution >= 4 is 29.9 Å². The van der Waals surface area contributed by atoms with Gasteiger partial charge >= 0.3 is 6.36 Å². The molecule has 1 rings (SSSR count). The maximum atomic E-state index is 12.2. The van der Waals surface area contributed by atoms with Crippen molar-refractivity contribution in [1.29, 1.82) is 0 Å². The number of alkyl halides is 3. The second-order valence-electron chi connectivity index (χ2n) is 4.17. The lowest BCUT2D eigenvalue weighted by molar-refractivity contribution is -0.274. The van der Waals surface area contributed by atoms with Crippen molar-refractivity contribution in [2.24, 2.45) is 10.7 Å². The van der Waals surface area contributed by atoms with Gasteiger partial charge in [-0.3, -0.25) is 0 Å². The summed E-state index contributed by atoms with van der Waals surface area (Å²) < 4.78 is 40.6. The zero-order valence-electron chi connectivity index (χ0n) is 11.4. The van der Waals surface area contributed by atoms with Crippen LogP contribution in [-0.2, 0) is 6.54 Å². The molecule has 3 N–H and O–H groups in total. The molecule has 0 bridgehead atoms. The number of para-hydroxylation sites is 1. The minimum absolute atomic E-state index is 0. The van der Waals surface area contributed by atoms with Crippen molar-refractivity contribution in [1.82, 2.24) is 5.32 Å².